The zero-order valence-electron chi connectivity index (χ0n) is 9.98. The molecule has 0 N–H and O–H groups in total. The minimum absolute atomic E-state index is 0.0686. The molecule has 1 aromatic carbocycles. The summed E-state index contributed by atoms with van der Waals surface area (Å²) in [5.41, 5.74) is 0.349. The lowest BCUT2D eigenvalue weighted by Crippen LogP contribution is -2.31. The summed E-state index contributed by atoms with van der Waals surface area (Å²) in [6, 6.07) is 4.96. The molecule has 100 valence electrons. The Bertz CT molecular complexity index is 559. The lowest BCUT2D eigenvalue weighted by Gasteiger charge is -2.17. The summed E-state index contributed by atoms with van der Waals surface area (Å²) in [6.07, 6.45) is 1.14. The molecule has 0 aliphatic rings. The van der Waals surface area contributed by atoms with Gasteiger partial charge in [-0.15, -0.1) is 0 Å². The van der Waals surface area contributed by atoms with Gasteiger partial charge in [0.25, 0.3) is 5.91 Å². The number of halogens is 2. The molecule has 0 heterocycles. The topological polar surface area (TPSA) is 54.5 Å². The van der Waals surface area contributed by atoms with Crippen LogP contribution in [-0.4, -0.2) is 44.8 Å². The van der Waals surface area contributed by atoms with Crippen molar-refractivity contribution in [3.05, 3.63) is 33.3 Å². The Kier molecular flexibility index (Phi) is 5.19. The van der Waals surface area contributed by atoms with Crippen LogP contribution in [-0.2, 0) is 9.84 Å². The van der Waals surface area contributed by atoms with E-state index in [1.807, 2.05) is 0 Å². The van der Waals surface area contributed by atoms with Gasteiger partial charge in [-0.2, -0.15) is 0 Å². The molecule has 7 heteroatoms. The number of sulfone groups is 1. The molecule has 1 rings (SSSR count). The summed E-state index contributed by atoms with van der Waals surface area (Å²) >= 11 is 9.20. The average molecular weight is 355 g/mol. The number of hydrogen-bond donors (Lipinski definition) is 0. The molecule has 0 saturated carbocycles. The first-order valence-electron chi connectivity index (χ1n) is 5.09. The number of carbonyl (C=O) groups is 1. The van der Waals surface area contributed by atoms with Gasteiger partial charge < -0.3 is 4.90 Å². The van der Waals surface area contributed by atoms with E-state index < -0.39 is 9.84 Å². The first kappa shape index (κ1) is 15.5. The molecule has 4 nitrogen and oxygen atoms in total. The van der Waals surface area contributed by atoms with Gasteiger partial charge >= 0.3 is 0 Å². The second-order valence-electron chi connectivity index (χ2n) is 3.98. The van der Waals surface area contributed by atoms with Gasteiger partial charge in [-0.1, -0.05) is 27.5 Å². The number of rotatable bonds is 4. The molecule has 0 aromatic heterocycles. The number of hydrogen-bond acceptors (Lipinski definition) is 3. The predicted octanol–water partition coefficient (Wildman–Crippen LogP) is 2.22. The van der Waals surface area contributed by atoms with Crippen molar-refractivity contribution in [3.63, 3.8) is 0 Å². The Labute approximate surface area is 120 Å². The van der Waals surface area contributed by atoms with Crippen LogP contribution in [0.3, 0.4) is 0 Å². The smallest absolute Gasteiger partial charge is 0.255 e. The predicted molar refractivity (Wildman–Crippen MR) is 75.8 cm³/mol. The molecular formula is C11H13BrClNO3S. The van der Waals surface area contributed by atoms with Crippen LogP contribution in [0, 0.1) is 0 Å². The van der Waals surface area contributed by atoms with Crippen LogP contribution in [0.2, 0.25) is 5.02 Å². The SMILES string of the molecule is CN(CCS(C)(=O)=O)C(=O)c1cc(Br)ccc1Cl. The van der Waals surface area contributed by atoms with Crippen molar-refractivity contribution in [1.29, 1.82) is 0 Å². The monoisotopic (exact) mass is 353 g/mol. The van der Waals surface area contributed by atoms with E-state index in [1.54, 1.807) is 25.2 Å². The summed E-state index contributed by atoms with van der Waals surface area (Å²) < 4.78 is 22.8. The maximum atomic E-state index is 12.1. The van der Waals surface area contributed by atoms with Crippen LogP contribution in [0.4, 0.5) is 0 Å². The number of nitrogens with zero attached hydrogens (tertiary/aromatic N) is 1. The van der Waals surface area contributed by atoms with Gasteiger partial charge in [0, 0.05) is 24.3 Å². The van der Waals surface area contributed by atoms with Crippen LogP contribution in [0.5, 0.6) is 0 Å². The first-order valence-corrected chi connectivity index (χ1v) is 8.32. The summed E-state index contributed by atoms with van der Waals surface area (Å²) in [4.78, 5) is 13.4. The van der Waals surface area contributed by atoms with Gasteiger partial charge in [-0.25, -0.2) is 8.42 Å². The summed E-state index contributed by atoms with van der Waals surface area (Å²) in [6.45, 7) is 0.139. The highest BCUT2D eigenvalue weighted by Gasteiger charge is 2.16. The molecule has 0 radical (unpaired) electrons. The van der Waals surface area contributed by atoms with Gasteiger partial charge in [-0.3, -0.25) is 4.79 Å². The zero-order chi connectivity index (χ0) is 13.9. The second-order valence-corrected chi connectivity index (χ2v) is 7.56. The third kappa shape index (κ3) is 4.59. The molecule has 0 saturated heterocycles. The Morgan fingerprint density at radius 2 is 2.06 bits per heavy atom. The van der Waals surface area contributed by atoms with E-state index >= 15 is 0 Å². The van der Waals surface area contributed by atoms with Crippen LogP contribution in [0.25, 0.3) is 0 Å². The van der Waals surface area contributed by atoms with Crippen molar-refractivity contribution >= 4 is 43.3 Å². The third-order valence-corrected chi connectivity index (χ3v) is 4.05. The molecule has 0 unspecified atom stereocenters. The summed E-state index contributed by atoms with van der Waals surface area (Å²) in [5.74, 6) is -0.370. The molecule has 0 aliphatic carbocycles. The van der Waals surface area contributed by atoms with E-state index in [4.69, 9.17) is 11.6 Å². The molecular weight excluding hydrogens is 342 g/mol. The fraction of sp³-hybridized carbons (Fsp3) is 0.364. The number of carbonyl (C=O) groups excluding carboxylic acids is 1. The molecule has 0 spiro atoms. The maximum absolute atomic E-state index is 12.1. The normalized spacial score (nSPS) is 11.3. The highest BCUT2D eigenvalue weighted by atomic mass is 79.9. The number of benzene rings is 1. The summed E-state index contributed by atoms with van der Waals surface area (Å²) in [7, 11) is -1.54. The van der Waals surface area contributed by atoms with E-state index in [1.165, 1.54) is 4.90 Å². The van der Waals surface area contributed by atoms with Crippen molar-refractivity contribution in [2.45, 2.75) is 0 Å². The molecule has 18 heavy (non-hydrogen) atoms. The Balaban J connectivity index is 2.83. The van der Waals surface area contributed by atoms with Crippen LogP contribution < -0.4 is 0 Å². The lowest BCUT2D eigenvalue weighted by molar-refractivity contribution is 0.0803. The van der Waals surface area contributed by atoms with Crippen molar-refractivity contribution < 1.29 is 13.2 Å². The standard InChI is InChI=1S/C11H13BrClNO3S/c1-14(5-6-18(2,16)17)11(15)9-7-8(12)3-4-10(9)13/h3-4,7H,5-6H2,1-2H3. The zero-order valence-corrected chi connectivity index (χ0v) is 13.1. The van der Waals surface area contributed by atoms with E-state index in [0.717, 1.165) is 10.7 Å². The van der Waals surface area contributed by atoms with Crippen molar-refractivity contribution in [2.75, 3.05) is 25.6 Å². The summed E-state index contributed by atoms with van der Waals surface area (Å²) in [5, 5.41) is 0.342. The number of amides is 1. The molecule has 0 atom stereocenters. The van der Waals surface area contributed by atoms with Crippen molar-refractivity contribution in [2.24, 2.45) is 0 Å². The van der Waals surface area contributed by atoms with E-state index in [0.29, 0.717) is 10.6 Å². The highest BCUT2D eigenvalue weighted by molar-refractivity contribution is 9.10. The molecule has 0 bridgehead atoms. The van der Waals surface area contributed by atoms with E-state index in [9.17, 15) is 13.2 Å². The minimum Gasteiger partial charge on any atom is -0.341 e. The van der Waals surface area contributed by atoms with Crippen molar-refractivity contribution in [1.82, 2.24) is 4.90 Å². The van der Waals surface area contributed by atoms with Gasteiger partial charge in [-0.05, 0) is 18.2 Å². The molecule has 0 aliphatic heterocycles. The molecule has 1 aromatic rings. The highest BCUT2D eigenvalue weighted by Crippen LogP contribution is 2.22. The fourth-order valence-corrected chi connectivity index (χ4v) is 2.44. The van der Waals surface area contributed by atoms with E-state index in [2.05, 4.69) is 15.9 Å². The average Bonchev–Trinajstić information content (AvgIpc) is 2.27. The lowest BCUT2D eigenvalue weighted by atomic mass is 10.2. The molecule has 0 fully saturated rings. The Morgan fingerprint density at radius 1 is 1.44 bits per heavy atom. The fourth-order valence-electron chi connectivity index (χ4n) is 1.27. The van der Waals surface area contributed by atoms with Crippen molar-refractivity contribution in [3.8, 4) is 0 Å². The second kappa shape index (κ2) is 6.04. The Hall–Kier alpha value is -0.590. The minimum atomic E-state index is -3.09. The largest absolute Gasteiger partial charge is 0.341 e. The maximum Gasteiger partial charge on any atom is 0.255 e. The molecule has 1 amide bonds. The quantitative estimate of drug-likeness (QED) is 0.833. The van der Waals surface area contributed by atoms with Gasteiger partial charge in [0.15, 0.2) is 0 Å². The van der Waals surface area contributed by atoms with Gasteiger partial charge in [0.2, 0.25) is 0 Å². The van der Waals surface area contributed by atoms with Crippen LogP contribution in [0.1, 0.15) is 10.4 Å². The van der Waals surface area contributed by atoms with E-state index in [-0.39, 0.29) is 18.2 Å². The first-order chi connectivity index (χ1) is 8.20. The van der Waals surface area contributed by atoms with Crippen LogP contribution >= 0.6 is 27.5 Å². The van der Waals surface area contributed by atoms with Gasteiger partial charge in [0.1, 0.15) is 9.84 Å². The van der Waals surface area contributed by atoms with Crippen LogP contribution in [0.15, 0.2) is 22.7 Å². The Morgan fingerprint density at radius 3 is 2.61 bits per heavy atom. The van der Waals surface area contributed by atoms with Gasteiger partial charge in [0.05, 0.1) is 16.3 Å². The third-order valence-electron chi connectivity index (χ3n) is 2.30.